The molecule has 0 radical (unpaired) electrons. The number of sulfonamides is 1. The zero-order valence-corrected chi connectivity index (χ0v) is 15.3. The quantitative estimate of drug-likeness (QED) is 0.789. The summed E-state index contributed by atoms with van der Waals surface area (Å²) in [6, 6.07) is 9.29. The van der Waals surface area contributed by atoms with Crippen LogP contribution in [0.1, 0.15) is 20.3 Å². The normalized spacial score (nSPS) is 25.0. The maximum absolute atomic E-state index is 12.6. The second-order valence-corrected chi connectivity index (χ2v) is 8.89. The Morgan fingerprint density at radius 3 is 2.48 bits per heavy atom. The molecule has 0 N–H and O–H groups in total. The molecule has 1 aromatic carbocycles. The summed E-state index contributed by atoms with van der Waals surface area (Å²) in [5.74, 6) is -0.314. The van der Waals surface area contributed by atoms with E-state index in [0.717, 1.165) is 5.69 Å². The molecule has 1 atom stereocenters. The highest BCUT2D eigenvalue weighted by Gasteiger charge is 2.52. The van der Waals surface area contributed by atoms with Gasteiger partial charge < -0.3 is 9.80 Å². The predicted molar refractivity (Wildman–Crippen MR) is 94.6 cm³/mol. The van der Waals surface area contributed by atoms with Gasteiger partial charge in [-0.15, -0.1) is 0 Å². The molecule has 2 amide bonds. The number of carbonyl (C=O) groups is 2. The first-order valence-corrected chi connectivity index (χ1v) is 10.0. The average molecular weight is 365 g/mol. The number of para-hydroxylation sites is 1. The van der Waals surface area contributed by atoms with Gasteiger partial charge in [-0.1, -0.05) is 18.2 Å². The molecule has 1 unspecified atom stereocenters. The van der Waals surface area contributed by atoms with Gasteiger partial charge in [0.15, 0.2) is 0 Å². The lowest BCUT2D eigenvalue weighted by atomic mass is 9.92. The van der Waals surface area contributed by atoms with E-state index in [1.54, 1.807) is 16.7 Å². The molecule has 0 bridgehead atoms. The summed E-state index contributed by atoms with van der Waals surface area (Å²) in [5, 5.41) is 0. The molecule has 7 nitrogen and oxygen atoms in total. The Bertz CT molecular complexity index is 780. The molecule has 0 aliphatic carbocycles. The number of piperazine rings is 1. The summed E-state index contributed by atoms with van der Waals surface area (Å²) >= 11 is 0. The van der Waals surface area contributed by atoms with Crippen LogP contribution in [0.15, 0.2) is 30.3 Å². The number of hydrogen-bond donors (Lipinski definition) is 0. The van der Waals surface area contributed by atoms with E-state index in [2.05, 4.69) is 0 Å². The summed E-state index contributed by atoms with van der Waals surface area (Å²) in [6.07, 6.45) is 0.530. The van der Waals surface area contributed by atoms with Crippen LogP contribution in [0.2, 0.25) is 0 Å². The molecule has 0 saturated carbocycles. The van der Waals surface area contributed by atoms with Gasteiger partial charge in [0.05, 0.1) is 17.8 Å². The van der Waals surface area contributed by atoms with E-state index in [1.165, 1.54) is 11.2 Å². The fourth-order valence-corrected chi connectivity index (χ4v) is 4.90. The number of nitrogens with zero attached hydrogens (tertiary/aromatic N) is 3. The molecule has 1 spiro atoms. The lowest BCUT2D eigenvalue weighted by molar-refractivity contribution is -0.142. The van der Waals surface area contributed by atoms with E-state index in [-0.39, 0.29) is 30.7 Å². The maximum Gasteiger partial charge on any atom is 0.246 e. The highest BCUT2D eigenvalue weighted by molar-refractivity contribution is 7.89. The molecule has 2 aliphatic heterocycles. The zero-order valence-electron chi connectivity index (χ0n) is 14.5. The monoisotopic (exact) mass is 365 g/mol. The van der Waals surface area contributed by atoms with Crippen molar-refractivity contribution < 1.29 is 18.0 Å². The van der Waals surface area contributed by atoms with E-state index >= 15 is 0 Å². The molecule has 0 aromatic heterocycles. The number of hydrogen-bond acceptors (Lipinski definition) is 4. The Hall–Kier alpha value is -1.93. The van der Waals surface area contributed by atoms with E-state index in [4.69, 9.17) is 0 Å². The van der Waals surface area contributed by atoms with E-state index < -0.39 is 15.6 Å². The van der Waals surface area contributed by atoms with Gasteiger partial charge >= 0.3 is 0 Å². The fourth-order valence-electron chi connectivity index (χ4n) is 3.73. The highest BCUT2D eigenvalue weighted by atomic mass is 32.2. The number of carbonyl (C=O) groups excluding carboxylic acids is 2. The van der Waals surface area contributed by atoms with Crippen LogP contribution in [0.3, 0.4) is 0 Å². The molecule has 1 aromatic rings. The Morgan fingerprint density at radius 2 is 1.88 bits per heavy atom. The SMILES string of the molecule is CCS(=O)(=O)N1CCC2(CN(c3ccccc3)C(=O)CN2C(C)=O)C1. The first-order valence-electron chi connectivity index (χ1n) is 8.40. The minimum Gasteiger partial charge on any atom is -0.325 e. The standard InChI is InChI=1S/C17H23N3O4S/c1-3-25(23,24)18-10-9-17(12-18)13-19(15-7-5-4-6-8-15)16(22)11-20(17)14(2)21/h4-8H,3,9-13H2,1-2H3. The average Bonchev–Trinajstić information content (AvgIpc) is 3.03. The molecule has 2 fully saturated rings. The third kappa shape index (κ3) is 3.16. The summed E-state index contributed by atoms with van der Waals surface area (Å²) in [7, 11) is -3.33. The minimum atomic E-state index is -3.33. The molecule has 3 rings (SSSR count). The van der Waals surface area contributed by atoms with E-state index in [9.17, 15) is 18.0 Å². The first kappa shape index (κ1) is 17.9. The van der Waals surface area contributed by atoms with Gasteiger partial charge in [0.2, 0.25) is 21.8 Å². The van der Waals surface area contributed by atoms with Gasteiger partial charge in [-0.3, -0.25) is 9.59 Å². The fraction of sp³-hybridized carbons (Fsp3) is 0.529. The lowest BCUT2D eigenvalue weighted by Crippen LogP contribution is -2.67. The van der Waals surface area contributed by atoms with Gasteiger partial charge in [-0.25, -0.2) is 8.42 Å². The van der Waals surface area contributed by atoms with Crippen molar-refractivity contribution in [1.29, 1.82) is 0 Å². The molecular weight excluding hydrogens is 342 g/mol. The maximum atomic E-state index is 12.6. The summed E-state index contributed by atoms with van der Waals surface area (Å²) in [5.41, 5.74) is 0.101. The van der Waals surface area contributed by atoms with Crippen molar-refractivity contribution in [2.45, 2.75) is 25.8 Å². The first-order chi connectivity index (χ1) is 11.8. The predicted octanol–water partition coefficient (Wildman–Crippen LogP) is 0.676. The van der Waals surface area contributed by atoms with Gasteiger partial charge in [0.25, 0.3) is 0 Å². The second-order valence-electron chi connectivity index (χ2n) is 6.63. The molecule has 8 heteroatoms. The summed E-state index contributed by atoms with van der Waals surface area (Å²) in [6.45, 7) is 3.94. The van der Waals surface area contributed by atoms with Crippen molar-refractivity contribution in [3.63, 3.8) is 0 Å². The van der Waals surface area contributed by atoms with E-state index in [0.29, 0.717) is 19.5 Å². The minimum absolute atomic E-state index is 0.0236. The van der Waals surface area contributed by atoms with Crippen LogP contribution in [-0.2, 0) is 19.6 Å². The smallest absolute Gasteiger partial charge is 0.246 e. The van der Waals surface area contributed by atoms with Crippen LogP contribution in [0.25, 0.3) is 0 Å². The van der Waals surface area contributed by atoms with Gasteiger partial charge in [0.1, 0.15) is 6.54 Å². The summed E-state index contributed by atoms with van der Waals surface area (Å²) in [4.78, 5) is 28.0. The van der Waals surface area contributed by atoms with Crippen LogP contribution in [0.5, 0.6) is 0 Å². The Kier molecular flexibility index (Phi) is 4.59. The van der Waals surface area contributed by atoms with Crippen molar-refractivity contribution in [3.8, 4) is 0 Å². The van der Waals surface area contributed by atoms with Crippen LogP contribution in [0.4, 0.5) is 5.69 Å². The second kappa shape index (κ2) is 6.42. The van der Waals surface area contributed by atoms with Gasteiger partial charge in [-0.2, -0.15) is 4.31 Å². The van der Waals surface area contributed by atoms with E-state index in [1.807, 2.05) is 30.3 Å². The molecule has 2 heterocycles. The molecule has 25 heavy (non-hydrogen) atoms. The third-order valence-corrected chi connectivity index (χ3v) is 6.95. The number of benzene rings is 1. The topological polar surface area (TPSA) is 78.0 Å². The molecular formula is C17H23N3O4S. The lowest BCUT2D eigenvalue weighted by Gasteiger charge is -2.48. The van der Waals surface area contributed by atoms with Gasteiger partial charge in [0, 0.05) is 25.7 Å². The zero-order chi connectivity index (χ0) is 18.2. The number of amides is 2. The van der Waals surface area contributed by atoms with Gasteiger partial charge in [-0.05, 0) is 25.5 Å². The van der Waals surface area contributed by atoms with Crippen LogP contribution < -0.4 is 4.90 Å². The van der Waals surface area contributed by atoms with Crippen molar-refractivity contribution in [2.75, 3.05) is 36.8 Å². The Balaban J connectivity index is 1.95. The third-order valence-electron chi connectivity index (χ3n) is 5.12. The summed E-state index contributed by atoms with van der Waals surface area (Å²) < 4.78 is 26.0. The Morgan fingerprint density at radius 1 is 1.20 bits per heavy atom. The van der Waals surface area contributed by atoms with Crippen LogP contribution in [-0.4, -0.2) is 66.9 Å². The van der Waals surface area contributed by atoms with Crippen LogP contribution in [0, 0.1) is 0 Å². The van der Waals surface area contributed by atoms with Crippen molar-refractivity contribution in [2.24, 2.45) is 0 Å². The number of rotatable bonds is 3. The van der Waals surface area contributed by atoms with Crippen molar-refractivity contribution >= 4 is 27.5 Å². The van der Waals surface area contributed by atoms with Crippen molar-refractivity contribution in [3.05, 3.63) is 30.3 Å². The van der Waals surface area contributed by atoms with Crippen LogP contribution >= 0.6 is 0 Å². The largest absolute Gasteiger partial charge is 0.325 e. The Labute approximate surface area is 148 Å². The molecule has 136 valence electrons. The highest BCUT2D eigenvalue weighted by Crippen LogP contribution is 2.35. The molecule has 2 saturated heterocycles. The molecule has 2 aliphatic rings. The van der Waals surface area contributed by atoms with Crippen molar-refractivity contribution in [1.82, 2.24) is 9.21 Å². The number of anilines is 1.